The van der Waals surface area contributed by atoms with Gasteiger partial charge in [0.1, 0.15) is 0 Å². The molecule has 0 aromatic rings. The van der Waals surface area contributed by atoms with Gasteiger partial charge in [0.05, 0.1) is 6.08 Å². The summed E-state index contributed by atoms with van der Waals surface area (Å²) < 4.78 is 28.5. The van der Waals surface area contributed by atoms with Crippen molar-refractivity contribution in [1.82, 2.24) is 0 Å². The van der Waals surface area contributed by atoms with Gasteiger partial charge in [-0.3, -0.25) is 4.55 Å². The Bertz CT molecular complexity index is 345. The minimum atomic E-state index is -4.98. The number of hydrogen-bond donors (Lipinski definition) is 3. The zero-order valence-corrected chi connectivity index (χ0v) is 7.28. The normalized spacial score (nSPS) is 11.6. The van der Waals surface area contributed by atoms with E-state index in [-0.39, 0.29) is 26.4 Å². The van der Waals surface area contributed by atoms with Crippen molar-refractivity contribution in [2.45, 2.75) is 0 Å². The Morgan fingerprint density at radius 1 is 1.23 bits per heavy atom. The van der Waals surface area contributed by atoms with Crippen molar-refractivity contribution in [2.24, 2.45) is 0 Å². The summed E-state index contributed by atoms with van der Waals surface area (Å²) in [4.78, 5) is 18.3. The molecule has 0 aliphatic rings. The molecule has 0 aliphatic heterocycles. The van der Waals surface area contributed by atoms with E-state index in [1.165, 1.54) is 0 Å². The van der Waals surface area contributed by atoms with Crippen LogP contribution in [0.25, 0.3) is 0 Å². The fourth-order valence-electron chi connectivity index (χ4n) is 0.359. The van der Waals surface area contributed by atoms with Gasteiger partial charge in [0.2, 0.25) is 0 Å². The Kier molecular flexibility index (Phi) is 5.69. The van der Waals surface area contributed by atoms with Gasteiger partial charge in [0.15, 0.2) is 4.91 Å². The standard InChI is InChI=1S/C4H4O7S.Li.H/c5-3(6)1-2(4(7)8)12(9,10)11;;/h1H,(H,5,6)(H,7,8)(H,9,10,11);;/q;+1;-1/b2-1+;;. The number of hydrogen-bond acceptors (Lipinski definition) is 4. The van der Waals surface area contributed by atoms with Crippen LogP contribution in [0.15, 0.2) is 11.0 Å². The summed E-state index contributed by atoms with van der Waals surface area (Å²) in [7, 11) is -4.98. The van der Waals surface area contributed by atoms with Crippen molar-refractivity contribution in [2.75, 3.05) is 0 Å². The summed E-state index contributed by atoms with van der Waals surface area (Å²) in [5, 5.41) is 16.1. The van der Waals surface area contributed by atoms with Crippen LogP contribution in [0.3, 0.4) is 0 Å². The summed E-state index contributed by atoms with van der Waals surface area (Å²) in [5.74, 6) is -3.80. The zero-order valence-electron chi connectivity index (χ0n) is 7.46. The second-order valence-electron chi connectivity index (χ2n) is 1.63. The molecule has 0 saturated heterocycles. The maximum absolute atomic E-state index is 10.2. The molecule has 0 amide bonds. The van der Waals surface area contributed by atoms with Crippen molar-refractivity contribution >= 4 is 22.1 Å². The molecule has 3 N–H and O–H groups in total. The predicted octanol–water partition coefficient (Wildman–Crippen LogP) is -3.96. The first kappa shape index (κ1) is 14.7. The summed E-state index contributed by atoms with van der Waals surface area (Å²) in [6.45, 7) is 0. The molecule has 0 aromatic heterocycles. The molecule has 0 aliphatic carbocycles. The van der Waals surface area contributed by atoms with E-state index in [9.17, 15) is 18.0 Å². The molecule has 0 atom stereocenters. The van der Waals surface area contributed by atoms with Crippen molar-refractivity contribution in [3.8, 4) is 0 Å². The fourth-order valence-corrected chi connectivity index (χ4v) is 0.829. The molecule has 0 heterocycles. The van der Waals surface area contributed by atoms with Gasteiger partial charge in [-0.1, -0.05) is 0 Å². The Hall–Kier alpha value is -0.813. The van der Waals surface area contributed by atoms with Crippen LogP contribution in [0.5, 0.6) is 0 Å². The van der Waals surface area contributed by atoms with E-state index in [2.05, 4.69) is 0 Å². The molecule has 0 radical (unpaired) electrons. The van der Waals surface area contributed by atoms with Crippen LogP contribution in [0, 0.1) is 0 Å². The molecule has 70 valence electrons. The number of carbonyl (C=O) groups is 2. The van der Waals surface area contributed by atoms with Crippen molar-refractivity contribution < 1.29 is 53.1 Å². The quantitative estimate of drug-likeness (QED) is 0.243. The molecule has 7 nitrogen and oxygen atoms in total. The van der Waals surface area contributed by atoms with E-state index in [4.69, 9.17) is 14.8 Å². The van der Waals surface area contributed by atoms with E-state index in [0.717, 1.165) is 0 Å². The molecule has 0 spiro atoms. The van der Waals surface area contributed by atoms with Gasteiger partial charge in [-0.25, -0.2) is 9.59 Å². The topological polar surface area (TPSA) is 129 Å². The van der Waals surface area contributed by atoms with Crippen molar-refractivity contribution in [3.63, 3.8) is 0 Å². The third kappa shape index (κ3) is 5.43. The molecule has 0 bridgehead atoms. The molecule has 9 heteroatoms. The molecular weight excluding hydrogens is 199 g/mol. The van der Waals surface area contributed by atoms with Crippen LogP contribution in [-0.2, 0) is 19.7 Å². The van der Waals surface area contributed by atoms with Crippen LogP contribution >= 0.6 is 0 Å². The second-order valence-corrected chi connectivity index (χ2v) is 3.02. The number of rotatable bonds is 3. The maximum Gasteiger partial charge on any atom is 1.00 e. The summed E-state index contributed by atoms with van der Waals surface area (Å²) in [5.41, 5.74) is 0. The van der Waals surface area contributed by atoms with E-state index < -0.39 is 27.0 Å². The van der Waals surface area contributed by atoms with Crippen LogP contribution < -0.4 is 18.9 Å². The van der Waals surface area contributed by atoms with Gasteiger partial charge in [-0.2, -0.15) is 8.42 Å². The smallest absolute Gasteiger partial charge is 1.00 e. The third-order valence-electron chi connectivity index (χ3n) is 0.743. The molecule has 0 saturated carbocycles. The number of carboxylic acid groups (broad SMARTS) is 2. The van der Waals surface area contributed by atoms with Crippen LogP contribution in [0.4, 0.5) is 0 Å². The molecule has 0 rings (SSSR count). The first-order chi connectivity index (χ1) is 5.25. The van der Waals surface area contributed by atoms with Gasteiger partial charge in [0.25, 0.3) is 0 Å². The Balaban J connectivity index is -0.000000605. The maximum atomic E-state index is 10.2. The van der Waals surface area contributed by atoms with Crippen molar-refractivity contribution in [3.05, 3.63) is 11.0 Å². The fraction of sp³-hybridized carbons (Fsp3) is 0. The first-order valence-electron chi connectivity index (χ1n) is 2.40. The summed E-state index contributed by atoms with van der Waals surface area (Å²) in [6, 6.07) is 0. The molecular formula is C4H5LiO7S. The van der Waals surface area contributed by atoms with Crippen LogP contribution in [0.2, 0.25) is 0 Å². The molecule has 0 unspecified atom stereocenters. The Labute approximate surface area is 86.5 Å². The second kappa shape index (κ2) is 5.03. The van der Waals surface area contributed by atoms with E-state index in [0.29, 0.717) is 0 Å². The molecule has 0 aromatic carbocycles. The Morgan fingerprint density at radius 3 is 1.69 bits per heavy atom. The summed E-state index contributed by atoms with van der Waals surface area (Å²) >= 11 is 0. The minimum Gasteiger partial charge on any atom is -1.00 e. The van der Waals surface area contributed by atoms with Gasteiger partial charge in [-0.15, -0.1) is 0 Å². The predicted molar refractivity (Wildman–Crippen MR) is 36.0 cm³/mol. The largest absolute Gasteiger partial charge is 1.00 e. The van der Waals surface area contributed by atoms with E-state index >= 15 is 0 Å². The van der Waals surface area contributed by atoms with E-state index in [1.807, 2.05) is 0 Å². The van der Waals surface area contributed by atoms with Gasteiger partial charge in [0, 0.05) is 0 Å². The average molecular weight is 204 g/mol. The SMILES string of the molecule is O=C(O)/C=C(\C(=O)O)S(=O)(=O)O.[H-].[Li+]. The van der Waals surface area contributed by atoms with Gasteiger partial charge in [-0.05, 0) is 0 Å². The van der Waals surface area contributed by atoms with E-state index in [1.54, 1.807) is 0 Å². The monoisotopic (exact) mass is 204 g/mol. The average Bonchev–Trinajstić information content (AvgIpc) is 1.79. The van der Waals surface area contributed by atoms with Crippen molar-refractivity contribution in [1.29, 1.82) is 0 Å². The number of aliphatic carboxylic acids is 2. The molecule has 0 fully saturated rings. The Morgan fingerprint density at radius 2 is 1.62 bits per heavy atom. The number of carboxylic acids is 2. The third-order valence-corrected chi connectivity index (χ3v) is 1.59. The van der Waals surface area contributed by atoms with Crippen LogP contribution in [0.1, 0.15) is 1.43 Å². The first-order valence-corrected chi connectivity index (χ1v) is 3.84. The van der Waals surface area contributed by atoms with Gasteiger partial charge >= 0.3 is 40.9 Å². The minimum absolute atomic E-state index is 0. The van der Waals surface area contributed by atoms with Gasteiger partial charge < -0.3 is 11.6 Å². The zero-order chi connectivity index (χ0) is 9.94. The van der Waals surface area contributed by atoms with Crippen LogP contribution in [-0.4, -0.2) is 35.1 Å². The summed E-state index contributed by atoms with van der Waals surface area (Å²) in [6.07, 6.45) is -0.113. The molecule has 13 heavy (non-hydrogen) atoms.